The second kappa shape index (κ2) is 5.75. The van der Waals surface area contributed by atoms with Gasteiger partial charge in [0.05, 0.1) is 6.61 Å². The third-order valence-electron chi connectivity index (χ3n) is 3.18. The lowest BCUT2D eigenvalue weighted by Crippen LogP contribution is -2.06. The first kappa shape index (κ1) is 13.3. The minimum atomic E-state index is -0.501. The summed E-state index contributed by atoms with van der Waals surface area (Å²) in [5.74, 6) is 0.222. The molecule has 5 nitrogen and oxygen atoms in total. The molecule has 3 aromatic rings. The van der Waals surface area contributed by atoms with Crippen molar-refractivity contribution in [1.82, 2.24) is 15.2 Å². The van der Waals surface area contributed by atoms with Crippen LogP contribution in [0.3, 0.4) is 0 Å². The van der Waals surface area contributed by atoms with Gasteiger partial charge in [-0.25, -0.2) is 9.78 Å². The van der Waals surface area contributed by atoms with E-state index in [0.29, 0.717) is 18.9 Å². The van der Waals surface area contributed by atoms with Gasteiger partial charge in [0, 0.05) is 6.42 Å². The zero-order valence-corrected chi connectivity index (χ0v) is 11.7. The van der Waals surface area contributed by atoms with E-state index in [-0.39, 0.29) is 5.82 Å². The maximum Gasteiger partial charge on any atom is 0.378 e. The van der Waals surface area contributed by atoms with E-state index in [9.17, 15) is 4.79 Å². The van der Waals surface area contributed by atoms with Crippen LogP contribution < -0.4 is 0 Å². The summed E-state index contributed by atoms with van der Waals surface area (Å²) in [5.41, 5.74) is 1.11. The van der Waals surface area contributed by atoms with Gasteiger partial charge in [-0.05, 0) is 23.3 Å². The molecule has 0 fully saturated rings. The third kappa shape index (κ3) is 2.91. The largest absolute Gasteiger partial charge is 0.460 e. The van der Waals surface area contributed by atoms with E-state index in [4.69, 9.17) is 4.74 Å². The number of hydrogen-bond acceptors (Lipinski definition) is 4. The number of aromatic nitrogens is 3. The second-order valence-corrected chi connectivity index (χ2v) is 4.68. The van der Waals surface area contributed by atoms with Gasteiger partial charge in [0.2, 0.25) is 0 Å². The van der Waals surface area contributed by atoms with Crippen molar-refractivity contribution in [3.05, 3.63) is 59.7 Å². The number of fused-ring (bicyclic) bond motifs is 1. The summed E-state index contributed by atoms with van der Waals surface area (Å²) in [6.07, 6.45) is 0.594. The highest BCUT2D eigenvalue weighted by Gasteiger charge is 2.13. The fourth-order valence-corrected chi connectivity index (χ4v) is 2.20. The molecule has 0 amide bonds. The van der Waals surface area contributed by atoms with Crippen LogP contribution in [-0.2, 0) is 11.2 Å². The molecule has 0 spiro atoms. The minimum Gasteiger partial charge on any atom is -0.460 e. The maximum absolute atomic E-state index is 11.5. The fraction of sp³-hybridized carbons (Fsp3) is 0.188. The molecule has 3 rings (SSSR count). The normalized spacial score (nSPS) is 10.7. The molecule has 0 aliphatic heterocycles. The number of H-pyrrole nitrogens is 1. The summed E-state index contributed by atoms with van der Waals surface area (Å²) >= 11 is 0. The van der Waals surface area contributed by atoms with E-state index in [0.717, 1.165) is 5.56 Å². The molecule has 0 saturated heterocycles. The molecule has 2 aromatic carbocycles. The number of ether oxygens (including phenoxy) is 1. The molecule has 1 N–H and O–H groups in total. The summed E-state index contributed by atoms with van der Waals surface area (Å²) in [5, 5.41) is 9.04. The lowest BCUT2D eigenvalue weighted by atomic mass is 10.1. The van der Waals surface area contributed by atoms with Gasteiger partial charge in [-0.3, -0.25) is 5.10 Å². The molecule has 0 aliphatic rings. The molecule has 1 aromatic heterocycles. The lowest BCUT2D eigenvalue weighted by Gasteiger charge is -2.01. The van der Waals surface area contributed by atoms with Crippen molar-refractivity contribution in [3.63, 3.8) is 0 Å². The molecular weight excluding hydrogens is 266 g/mol. The predicted octanol–water partition coefficient (Wildman–Crippen LogP) is 2.73. The topological polar surface area (TPSA) is 67.9 Å². The number of hydrogen-bond donors (Lipinski definition) is 1. The van der Waals surface area contributed by atoms with Crippen LogP contribution in [0, 0.1) is 0 Å². The molecule has 0 atom stereocenters. The van der Waals surface area contributed by atoms with E-state index in [1.807, 2.05) is 12.1 Å². The summed E-state index contributed by atoms with van der Waals surface area (Å²) < 4.78 is 4.87. The highest BCUT2D eigenvalue weighted by Crippen LogP contribution is 2.17. The number of aromatic amines is 1. The zero-order chi connectivity index (χ0) is 14.7. The molecule has 0 bridgehead atoms. The van der Waals surface area contributed by atoms with Crippen LogP contribution in [0.25, 0.3) is 10.8 Å². The van der Waals surface area contributed by atoms with Crippen LogP contribution >= 0.6 is 0 Å². The number of carbonyl (C=O) groups is 1. The Morgan fingerprint density at radius 2 is 2.00 bits per heavy atom. The number of nitrogens with zero attached hydrogens (tertiary/aromatic N) is 2. The molecule has 5 heteroatoms. The number of esters is 1. The van der Waals surface area contributed by atoms with Crippen LogP contribution in [-0.4, -0.2) is 27.8 Å². The third-order valence-corrected chi connectivity index (χ3v) is 3.18. The van der Waals surface area contributed by atoms with Gasteiger partial charge in [-0.2, -0.15) is 0 Å². The summed E-state index contributed by atoms with van der Waals surface area (Å²) in [6, 6.07) is 14.4. The summed E-state index contributed by atoms with van der Waals surface area (Å²) in [7, 11) is 0. The second-order valence-electron chi connectivity index (χ2n) is 4.68. The van der Waals surface area contributed by atoms with Crippen molar-refractivity contribution in [3.8, 4) is 0 Å². The number of nitrogens with one attached hydrogen (secondary N) is 1. The Morgan fingerprint density at radius 1 is 1.19 bits per heavy atom. The smallest absolute Gasteiger partial charge is 0.378 e. The van der Waals surface area contributed by atoms with Crippen LogP contribution in [0.4, 0.5) is 0 Å². The molecule has 0 saturated carbocycles. The van der Waals surface area contributed by atoms with Gasteiger partial charge in [0.1, 0.15) is 5.82 Å². The predicted molar refractivity (Wildman–Crippen MR) is 79.1 cm³/mol. The van der Waals surface area contributed by atoms with Crippen LogP contribution in [0.15, 0.2) is 42.5 Å². The Hall–Kier alpha value is -2.69. The first-order valence-electron chi connectivity index (χ1n) is 6.82. The zero-order valence-electron chi connectivity index (χ0n) is 11.7. The van der Waals surface area contributed by atoms with Crippen molar-refractivity contribution in [2.45, 2.75) is 13.3 Å². The van der Waals surface area contributed by atoms with Gasteiger partial charge >= 0.3 is 5.97 Å². The Bertz CT molecular complexity index is 780. The number of rotatable bonds is 4. The Kier molecular flexibility index (Phi) is 3.64. The average molecular weight is 281 g/mol. The van der Waals surface area contributed by atoms with E-state index in [2.05, 4.69) is 45.5 Å². The van der Waals surface area contributed by atoms with Gasteiger partial charge < -0.3 is 4.74 Å². The first-order chi connectivity index (χ1) is 10.3. The Labute approximate surface area is 122 Å². The van der Waals surface area contributed by atoms with Crippen molar-refractivity contribution < 1.29 is 9.53 Å². The Balaban J connectivity index is 1.80. The van der Waals surface area contributed by atoms with Crippen LogP contribution in [0.2, 0.25) is 0 Å². The SMILES string of the molecule is CCOC(=O)c1n[nH]c(Cc2ccc3ccccc3c2)n1. The van der Waals surface area contributed by atoms with Crippen LogP contribution in [0.5, 0.6) is 0 Å². The molecule has 0 unspecified atom stereocenters. The number of carbonyl (C=O) groups excluding carboxylic acids is 1. The van der Waals surface area contributed by atoms with Gasteiger partial charge in [0.25, 0.3) is 5.82 Å². The van der Waals surface area contributed by atoms with Gasteiger partial charge in [-0.1, -0.05) is 42.5 Å². The van der Waals surface area contributed by atoms with Crippen molar-refractivity contribution >= 4 is 16.7 Å². The fourth-order valence-electron chi connectivity index (χ4n) is 2.20. The van der Waals surface area contributed by atoms with Crippen LogP contribution in [0.1, 0.15) is 28.9 Å². The maximum atomic E-state index is 11.5. The van der Waals surface area contributed by atoms with Gasteiger partial charge in [-0.15, -0.1) is 5.10 Å². The van der Waals surface area contributed by atoms with Crippen molar-refractivity contribution in [2.75, 3.05) is 6.61 Å². The minimum absolute atomic E-state index is 0.0765. The highest BCUT2D eigenvalue weighted by molar-refractivity contribution is 5.85. The lowest BCUT2D eigenvalue weighted by molar-refractivity contribution is 0.0512. The Morgan fingerprint density at radius 3 is 2.81 bits per heavy atom. The monoisotopic (exact) mass is 281 g/mol. The average Bonchev–Trinajstić information content (AvgIpc) is 2.96. The number of benzene rings is 2. The van der Waals surface area contributed by atoms with Gasteiger partial charge in [0.15, 0.2) is 0 Å². The molecule has 1 heterocycles. The van der Waals surface area contributed by atoms with E-state index < -0.39 is 5.97 Å². The quantitative estimate of drug-likeness (QED) is 0.747. The van der Waals surface area contributed by atoms with E-state index in [1.54, 1.807) is 6.92 Å². The van der Waals surface area contributed by atoms with Crippen molar-refractivity contribution in [2.24, 2.45) is 0 Å². The molecule has 106 valence electrons. The van der Waals surface area contributed by atoms with E-state index >= 15 is 0 Å². The standard InChI is InChI=1S/C16H15N3O2/c1-2-21-16(20)15-17-14(18-19-15)10-11-7-8-12-5-3-4-6-13(12)9-11/h3-9H,2,10H2,1H3,(H,17,18,19). The van der Waals surface area contributed by atoms with Crippen molar-refractivity contribution in [1.29, 1.82) is 0 Å². The van der Waals surface area contributed by atoms with E-state index in [1.165, 1.54) is 10.8 Å². The molecule has 0 radical (unpaired) electrons. The molecular formula is C16H15N3O2. The summed E-state index contributed by atoms with van der Waals surface area (Å²) in [4.78, 5) is 15.7. The first-order valence-corrected chi connectivity index (χ1v) is 6.82. The molecule has 0 aliphatic carbocycles. The summed E-state index contributed by atoms with van der Waals surface area (Å²) in [6.45, 7) is 2.06. The highest BCUT2D eigenvalue weighted by atomic mass is 16.5. The molecule has 21 heavy (non-hydrogen) atoms.